The van der Waals surface area contributed by atoms with E-state index in [2.05, 4.69) is 4.98 Å². The zero-order chi connectivity index (χ0) is 16.5. The van der Waals surface area contributed by atoms with Crippen LogP contribution in [0.3, 0.4) is 0 Å². The third kappa shape index (κ3) is 2.05. The van der Waals surface area contributed by atoms with Crippen LogP contribution in [0.4, 0.5) is 0 Å². The van der Waals surface area contributed by atoms with Gasteiger partial charge in [0.2, 0.25) is 0 Å². The van der Waals surface area contributed by atoms with Crippen molar-refractivity contribution < 1.29 is 4.74 Å². The summed E-state index contributed by atoms with van der Waals surface area (Å²) in [5.41, 5.74) is 7.41. The fraction of sp³-hybridized carbons (Fsp3) is 0.550. The molecule has 4 heteroatoms. The number of aromatic nitrogens is 1. The minimum absolute atomic E-state index is 0.0357. The Labute approximate surface area is 141 Å². The molecule has 2 unspecified atom stereocenters. The van der Waals surface area contributed by atoms with Gasteiger partial charge >= 0.3 is 0 Å². The van der Waals surface area contributed by atoms with Crippen molar-refractivity contribution >= 4 is 10.8 Å². The van der Waals surface area contributed by atoms with Crippen molar-refractivity contribution in [1.82, 2.24) is 4.98 Å². The van der Waals surface area contributed by atoms with Crippen LogP contribution in [-0.4, -0.2) is 16.6 Å². The standard InChI is InChI=1S/C20H24N2O2/c1-11-4-16-13(2-3-22-19(16)23)7-17(11)24-20-8-12-5-14(9-20)18(21)15(6-12)10-20/h2-4,7,12,14-15,18H,5-6,8-10,21H2,1H3,(H,22,23). The molecule has 6 rings (SSSR count). The molecule has 2 atom stereocenters. The Bertz CT molecular complexity index is 856. The molecular weight excluding hydrogens is 300 g/mol. The van der Waals surface area contributed by atoms with Crippen molar-refractivity contribution in [3.05, 3.63) is 40.3 Å². The van der Waals surface area contributed by atoms with Gasteiger partial charge in [-0.2, -0.15) is 0 Å². The molecule has 4 fully saturated rings. The van der Waals surface area contributed by atoms with Gasteiger partial charge in [0.25, 0.3) is 5.56 Å². The molecule has 1 aromatic heterocycles. The fourth-order valence-electron chi connectivity index (χ4n) is 5.78. The van der Waals surface area contributed by atoms with Gasteiger partial charge in [0.15, 0.2) is 0 Å². The summed E-state index contributed by atoms with van der Waals surface area (Å²) in [4.78, 5) is 14.7. The van der Waals surface area contributed by atoms with E-state index in [0.29, 0.717) is 17.9 Å². The minimum Gasteiger partial charge on any atom is -0.487 e. The maximum Gasteiger partial charge on any atom is 0.255 e. The minimum atomic E-state index is -0.0390. The quantitative estimate of drug-likeness (QED) is 0.892. The maximum absolute atomic E-state index is 12.0. The number of rotatable bonds is 2. The highest BCUT2D eigenvalue weighted by atomic mass is 16.5. The lowest BCUT2D eigenvalue weighted by molar-refractivity contribution is -0.117. The second-order valence-electron chi connectivity index (χ2n) is 8.34. The van der Waals surface area contributed by atoms with Crippen molar-refractivity contribution in [2.75, 3.05) is 0 Å². The number of pyridine rings is 1. The Morgan fingerprint density at radius 3 is 2.71 bits per heavy atom. The molecule has 0 spiro atoms. The van der Waals surface area contributed by atoms with Crippen LogP contribution in [0.5, 0.6) is 5.75 Å². The Kier molecular flexibility index (Phi) is 2.94. The fourth-order valence-corrected chi connectivity index (χ4v) is 5.78. The lowest BCUT2D eigenvalue weighted by Crippen LogP contribution is -2.61. The molecule has 24 heavy (non-hydrogen) atoms. The predicted molar refractivity (Wildman–Crippen MR) is 94.2 cm³/mol. The molecule has 1 aromatic carbocycles. The number of hydrogen-bond donors (Lipinski definition) is 2. The molecule has 4 saturated carbocycles. The van der Waals surface area contributed by atoms with Gasteiger partial charge in [0.1, 0.15) is 11.4 Å². The van der Waals surface area contributed by atoms with Gasteiger partial charge in [-0.1, -0.05) is 0 Å². The summed E-state index contributed by atoms with van der Waals surface area (Å²) in [5.74, 6) is 2.97. The SMILES string of the molecule is Cc1cc2c(=O)[nH]ccc2cc1OC12CC3CC(C1)C(N)C(C3)C2. The number of aromatic amines is 1. The average Bonchev–Trinajstić information content (AvgIpc) is 2.53. The summed E-state index contributed by atoms with van der Waals surface area (Å²) in [7, 11) is 0. The van der Waals surface area contributed by atoms with Gasteiger partial charge in [-0.25, -0.2) is 0 Å². The number of aryl methyl sites for hydroxylation is 1. The van der Waals surface area contributed by atoms with E-state index in [0.717, 1.165) is 40.8 Å². The van der Waals surface area contributed by atoms with E-state index in [4.69, 9.17) is 10.5 Å². The molecule has 4 bridgehead atoms. The second-order valence-corrected chi connectivity index (χ2v) is 8.34. The summed E-state index contributed by atoms with van der Waals surface area (Å²) in [6.07, 6.45) is 7.62. The summed E-state index contributed by atoms with van der Waals surface area (Å²) >= 11 is 0. The number of ether oxygens (including phenoxy) is 1. The first kappa shape index (κ1) is 14.5. The van der Waals surface area contributed by atoms with Crippen molar-refractivity contribution in [3.8, 4) is 5.75 Å². The first-order chi connectivity index (χ1) is 11.5. The van der Waals surface area contributed by atoms with Crippen LogP contribution in [0.2, 0.25) is 0 Å². The predicted octanol–water partition coefficient (Wildman–Crippen LogP) is 3.12. The van der Waals surface area contributed by atoms with Crippen LogP contribution in [0.15, 0.2) is 29.2 Å². The molecule has 1 heterocycles. The first-order valence-electron chi connectivity index (χ1n) is 9.10. The summed E-state index contributed by atoms with van der Waals surface area (Å²) in [6.45, 7) is 2.04. The highest BCUT2D eigenvalue weighted by molar-refractivity contribution is 5.83. The Morgan fingerprint density at radius 2 is 1.96 bits per heavy atom. The van der Waals surface area contributed by atoms with Gasteiger partial charge in [-0.3, -0.25) is 4.79 Å². The molecule has 4 nitrogen and oxygen atoms in total. The Balaban J connectivity index is 1.53. The number of nitrogens with two attached hydrogens (primary N) is 1. The molecule has 0 amide bonds. The largest absolute Gasteiger partial charge is 0.487 e. The van der Waals surface area contributed by atoms with Crippen molar-refractivity contribution in [3.63, 3.8) is 0 Å². The molecule has 2 aromatic rings. The molecule has 0 saturated heterocycles. The van der Waals surface area contributed by atoms with Crippen LogP contribution in [0, 0.1) is 24.7 Å². The first-order valence-corrected chi connectivity index (χ1v) is 9.10. The van der Waals surface area contributed by atoms with E-state index in [1.165, 1.54) is 19.3 Å². The molecule has 126 valence electrons. The van der Waals surface area contributed by atoms with Crippen LogP contribution in [0.25, 0.3) is 10.8 Å². The summed E-state index contributed by atoms with van der Waals surface area (Å²) < 4.78 is 6.67. The topological polar surface area (TPSA) is 68.1 Å². The van der Waals surface area contributed by atoms with Gasteiger partial charge in [0, 0.05) is 17.6 Å². The lowest BCUT2D eigenvalue weighted by atomic mass is 9.52. The number of hydrogen-bond acceptors (Lipinski definition) is 3. The maximum atomic E-state index is 12.0. The molecule has 4 aliphatic carbocycles. The highest BCUT2D eigenvalue weighted by Gasteiger charge is 2.55. The summed E-state index contributed by atoms with van der Waals surface area (Å²) in [5, 5.41) is 1.68. The number of nitrogens with one attached hydrogen (secondary N) is 1. The van der Waals surface area contributed by atoms with Crippen LogP contribution in [-0.2, 0) is 0 Å². The number of fused-ring (bicyclic) bond motifs is 1. The highest BCUT2D eigenvalue weighted by Crippen LogP contribution is 2.56. The van der Waals surface area contributed by atoms with E-state index in [9.17, 15) is 4.79 Å². The van der Waals surface area contributed by atoms with E-state index in [1.54, 1.807) is 6.20 Å². The van der Waals surface area contributed by atoms with E-state index < -0.39 is 0 Å². The molecule has 4 aliphatic rings. The Morgan fingerprint density at radius 1 is 1.21 bits per heavy atom. The van der Waals surface area contributed by atoms with E-state index in [-0.39, 0.29) is 11.2 Å². The van der Waals surface area contributed by atoms with Crippen molar-refractivity contribution in [2.45, 2.75) is 50.7 Å². The van der Waals surface area contributed by atoms with E-state index >= 15 is 0 Å². The second kappa shape index (κ2) is 4.85. The average molecular weight is 324 g/mol. The number of H-pyrrole nitrogens is 1. The van der Waals surface area contributed by atoms with Gasteiger partial charge in [-0.05, 0) is 85.9 Å². The molecular formula is C20H24N2O2. The van der Waals surface area contributed by atoms with Gasteiger partial charge in [0.05, 0.1) is 0 Å². The molecule has 0 aliphatic heterocycles. The third-order valence-electron chi connectivity index (χ3n) is 6.69. The summed E-state index contributed by atoms with van der Waals surface area (Å²) in [6, 6.07) is 6.31. The van der Waals surface area contributed by atoms with E-state index in [1.807, 2.05) is 25.1 Å². The zero-order valence-corrected chi connectivity index (χ0v) is 14.0. The molecule has 0 radical (unpaired) electrons. The van der Waals surface area contributed by atoms with Crippen molar-refractivity contribution in [1.29, 1.82) is 0 Å². The smallest absolute Gasteiger partial charge is 0.255 e. The molecule has 3 N–H and O–H groups in total. The number of benzene rings is 1. The normalized spacial score (nSPS) is 37.1. The van der Waals surface area contributed by atoms with Crippen LogP contribution < -0.4 is 16.0 Å². The lowest BCUT2D eigenvalue weighted by Gasteiger charge is -2.58. The third-order valence-corrected chi connectivity index (χ3v) is 6.69. The van der Waals surface area contributed by atoms with Gasteiger partial charge < -0.3 is 15.5 Å². The van der Waals surface area contributed by atoms with Crippen LogP contribution in [0.1, 0.15) is 37.7 Å². The van der Waals surface area contributed by atoms with Crippen LogP contribution >= 0.6 is 0 Å². The zero-order valence-electron chi connectivity index (χ0n) is 14.0. The van der Waals surface area contributed by atoms with Gasteiger partial charge in [-0.15, -0.1) is 0 Å². The van der Waals surface area contributed by atoms with Crippen molar-refractivity contribution in [2.24, 2.45) is 23.5 Å². The Hall–Kier alpha value is -1.81. The monoisotopic (exact) mass is 324 g/mol.